The summed E-state index contributed by atoms with van der Waals surface area (Å²) in [5.74, 6) is 0.555. The van der Waals surface area contributed by atoms with E-state index in [0.717, 1.165) is 39.8 Å². The van der Waals surface area contributed by atoms with Crippen molar-refractivity contribution in [3.63, 3.8) is 0 Å². The van der Waals surface area contributed by atoms with Crippen molar-refractivity contribution in [3.05, 3.63) is 72.5 Å². The van der Waals surface area contributed by atoms with E-state index in [2.05, 4.69) is 35.6 Å². The quantitative estimate of drug-likeness (QED) is 0.404. The number of nitrogens with zero attached hydrogens (tertiary/aromatic N) is 1. The molecule has 0 aliphatic carbocycles. The van der Waals surface area contributed by atoms with Gasteiger partial charge in [0, 0.05) is 41.7 Å². The summed E-state index contributed by atoms with van der Waals surface area (Å²) in [7, 11) is 5.58. The van der Waals surface area contributed by atoms with E-state index in [1.807, 2.05) is 50.2 Å². The number of fused-ring (bicyclic) bond motifs is 2. The van der Waals surface area contributed by atoms with Crippen LogP contribution in [0.15, 0.2) is 71.4 Å². The molecule has 5 nitrogen and oxygen atoms in total. The minimum Gasteiger partial charge on any atom is -0.496 e. The minimum atomic E-state index is -0.118. The third kappa shape index (κ3) is 4.39. The molecule has 0 aliphatic heterocycles. The van der Waals surface area contributed by atoms with Crippen LogP contribution in [0.25, 0.3) is 38.4 Å². The molecular formula is C27H28N2O3. The van der Waals surface area contributed by atoms with Gasteiger partial charge >= 0.3 is 0 Å². The number of carbonyl (C=O) groups is 1. The second-order valence-corrected chi connectivity index (χ2v) is 8.15. The second-order valence-electron chi connectivity index (χ2n) is 8.15. The molecule has 3 aromatic carbocycles. The average Bonchev–Trinajstić information content (AvgIpc) is 3.20. The Morgan fingerprint density at radius 2 is 1.84 bits per heavy atom. The molecule has 164 valence electrons. The van der Waals surface area contributed by atoms with Crippen LogP contribution in [0.3, 0.4) is 0 Å². The number of hydrogen-bond donors (Lipinski definition) is 1. The molecule has 32 heavy (non-hydrogen) atoms. The van der Waals surface area contributed by atoms with E-state index >= 15 is 0 Å². The Kier molecular flexibility index (Phi) is 6.28. The Labute approximate surface area is 188 Å². The predicted octanol–water partition coefficient (Wildman–Crippen LogP) is 5.34. The largest absolute Gasteiger partial charge is 0.496 e. The molecule has 0 saturated carbocycles. The summed E-state index contributed by atoms with van der Waals surface area (Å²) in [4.78, 5) is 14.4. The van der Waals surface area contributed by atoms with E-state index in [1.165, 1.54) is 10.8 Å². The lowest BCUT2D eigenvalue weighted by Crippen LogP contribution is -2.30. The van der Waals surface area contributed by atoms with Gasteiger partial charge in [0.1, 0.15) is 11.3 Å². The van der Waals surface area contributed by atoms with Crippen molar-refractivity contribution >= 4 is 33.2 Å². The topological polar surface area (TPSA) is 54.7 Å². The zero-order valence-electron chi connectivity index (χ0n) is 18.9. The van der Waals surface area contributed by atoms with Crippen LogP contribution < -0.4 is 10.1 Å². The Bertz CT molecular complexity index is 1300. The number of amides is 1. The standard InChI is InChI=1S/C27H28N2O3/c1-18(14-27(30)28-12-13-29(2)3)22-15-23-24(17-32-26(23)16-25(22)31-4)21-11-7-9-19-8-5-6-10-20(19)21/h5-11,14-17H,12-13H2,1-4H3,(H,28,30)/b18-14+. The molecule has 1 N–H and O–H groups in total. The molecule has 0 atom stereocenters. The van der Waals surface area contributed by atoms with E-state index in [1.54, 1.807) is 19.4 Å². The molecule has 5 heteroatoms. The molecule has 0 bridgehead atoms. The van der Waals surface area contributed by atoms with Crippen molar-refractivity contribution in [3.8, 4) is 16.9 Å². The lowest BCUT2D eigenvalue weighted by molar-refractivity contribution is -0.116. The maximum atomic E-state index is 12.4. The van der Waals surface area contributed by atoms with Crippen LogP contribution in [-0.2, 0) is 4.79 Å². The number of carbonyl (C=O) groups excluding carboxylic acids is 1. The van der Waals surface area contributed by atoms with Gasteiger partial charge in [-0.3, -0.25) is 4.79 Å². The van der Waals surface area contributed by atoms with Gasteiger partial charge in [-0.2, -0.15) is 0 Å². The number of hydrogen-bond acceptors (Lipinski definition) is 4. The first-order chi connectivity index (χ1) is 15.5. The van der Waals surface area contributed by atoms with Crippen LogP contribution in [0.1, 0.15) is 12.5 Å². The predicted molar refractivity (Wildman–Crippen MR) is 131 cm³/mol. The summed E-state index contributed by atoms with van der Waals surface area (Å²) in [5.41, 5.74) is 4.57. The van der Waals surface area contributed by atoms with E-state index in [0.29, 0.717) is 12.3 Å². The summed E-state index contributed by atoms with van der Waals surface area (Å²) in [6.45, 7) is 3.31. The highest BCUT2D eigenvalue weighted by molar-refractivity contribution is 6.06. The smallest absolute Gasteiger partial charge is 0.244 e. The third-order valence-corrected chi connectivity index (χ3v) is 5.61. The van der Waals surface area contributed by atoms with Gasteiger partial charge in [-0.05, 0) is 49.0 Å². The van der Waals surface area contributed by atoms with Crippen molar-refractivity contribution in [2.24, 2.45) is 0 Å². The fourth-order valence-corrected chi connectivity index (χ4v) is 3.93. The maximum Gasteiger partial charge on any atom is 0.244 e. The summed E-state index contributed by atoms with van der Waals surface area (Å²) in [6.07, 6.45) is 3.42. The number of furan rings is 1. The molecule has 1 amide bonds. The zero-order chi connectivity index (χ0) is 22.7. The monoisotopic (exact) mass is 428 g/mol. The molecule has 0 radical (unpaired) electrons. The van der Waals surface area contributed by atoms with E-state index in [9.17, 15) is 4.79 Å². The Morgan fingerprint density at radius 3 is 2.62 bits per heavy atom. The number of nitrogens with one attached hydrogen (secondary N) is 1. The number of rotatable bonds is 7. The van der Waals surface area contributed by atoms with Crippen LogP contribution in [0.5, 0.6) is 5.75 Å². The number of methoxy groups -OCH3 is 1. The molecule has 0 aliphatic rings. The fourth-order valence-electron chi connectivity index (χ4n) is 3.93. The molecule has 0 saturated heterocycles. The first-order valence-electron chi connectivity index (χ1n) is 10.7. The maximum absolute atomic E-state index is 12.4. The number of benzene rings is 3. The Balaban J connectivity index is 1.76. The molecule has 1 heterocycles. The first-order valence-corrected chi connectivity index (χ1v) is 10.7. The molecule has 0 unspecified atom stereocenters. The fraction of sp³-hybridized carbons (Fsp3) is 0.222. The van der Waals surface area contributed by atoms with Crippen LogP contribution >= 0.6 is 0 Å². The average molecular weight is 429 g/mol. The van der Waals surface area contributed by atoms with E-state index in [4.69, 9.17) is 9.15 Å². The zero-order valence-corrected chi connectivity index (χ0v) is 18.9. The molecule has 0 fully saturated rings. The van der Waals surface area contributed by atoms with Gasteiger partial charge in [-0.25, -0.2) is 0 Å². The summed E-state index contributed by atoms with van der Waals surface area (Å²) in [5, 5.41) is 6.26. The minimum absolute atomic E-state index is 0.118. The summed E-state index contributed by atoms with van der Waals surface area (Å²) in [6, 6.07) is 18.5. The van der Waals surface area contributed by atoms with Crippen molar-refractivity contribution in [2.75, 3.05) is 34.3 Å². The Morgan fingerprint density at radius 1 is 1.06 bits per heavy atom. The van der Waals surface area contributed by atoms with Gasteiger partial charge in [0.05, 0.1) is 13.4 Å². The SMILES string of the molecule is COc1cc2occ(-c3cccc4ccccc34)c2cc1/C(C)=C/C(=O)NCCN(C)C. The van der Waals surface area contributed by atoms with Crippen LogP contribution in [0.2, 0.25) is 0 Å². The molecular weight excluding hydrogens is 400 g/mol. The Hall–Kier alpha value is -3.57. The van der Waals surface area contributed by atoms with E-state index in [-0.39, 0.29) is 5.91 Å². The first kappa shape index (κ1) is 21.7. The van der Waals surface area contributed by atoms with Gasteiger partial charge < -0.3 is 19.4 Å². The van der Waals surface area contributed by atoms with Gasteiger partial charge in [-0.1, -0.05) is 42.5 Å². The van der Waals surface area contributed by atoms with Gasteiger partial charge in [-0.15, -0.1) is 0 Å². The highest BCUT2D eigenvalue weighted by Gasteiger charge is 2.16. The van der Waals surface area contributed by atoms with Crippen molar-refractivity contribution in [1.82, 2.24) is 10.2 Å². The normalized spacial score (nSPS) is 12.0. The summed E-state index contributed by atoms with van der Waals surface area (Å²) >= 11 is 0. The number of likely N-dealkylation sites (N-methyl/N-ethyl adjacent to an activating group) is 1. The summed E-state index contributed by atoms with van der Waals surface area (Å²) < 4.78 is 11.5. The lowest BCUT2D eigenvalue weighted by Gasteiger charge is -2.12. The van der Waals surface area contributed by atoms with Crippen LogP contribution in [0, 0.1) is 0 Å². The van der Waals surface area contributed by atoms with Crippen molar-refractivity contribution in [2.45, 2.75) is 6.92 Å². The van der Waals surface area contributed by atoms with Gasteiger partial charge in [0.25, 0.3) is 0 Å². The van der Waals surface area contributed by atoms with Gasteiger partial charge in [0.2, 0.25) is 5.91 Å². The molecule has 0 spiro atoms. The van der Waals surface area contributed by atoms with Crippen molar-refractivity contribution in [1.29, 1.82) is 0 Å². The van der Waals surface area contributed by atoms with Crippen molar-refractivity contribution < 1.29 is 13.9 Å². The molecule has 4 aromatic rings. The molecule has 1 aromatic heterocycles. The van der Waals surface area contributed by atoms with E-state index < -0.39 is 0 Å². The third-order valence-electron chi connectivity index (χ3n) is 5.61. The highest BCUT2D eigenvalue weighted by atomic mass is 16.5. The second kappa shape index (κ2) is 9.28. The number of ether oxygens (including phenoxy) is 1. The lowest BCUT2D eigenvalue weighted by atomic mass is 9.96. The molecule has 4 rings (SSSR count). The highest BCUT2D eigenvalue weighted by Crippen LogP contribution is 2.39. The number of allylic oxidation sites excluding steroid dienone is 1. The van der Waals surface area contributed by atoms with Crippen LogP contribution in [-0.4, -0.2) is 45.1 Å². The van der Waals surface area contributed by atoms with Crippen LogP contribution in [0.4, 0.5) is 0 Å². The van der Waals surface area contributed by atoms with Gasteiger partial charge in [0.15, 0.2) is 0 Å².